The number of hydrogen-bond donors (Lipinski definition) is 1. The summed E-state index contributed by atoms with van der Waals surface area (Å²) in [6.07, 6.45) is 0. The molecule has 0 saturated carbocycles. The largest absolute Gasteiger partial charge is 0.397 e. The van der Waals surface area contributed by atoms with Gasteiger partial charge in [0.15, 0.2) is 0 Å². The lowest BCUT2D eigenvalue weighted by Crippen LogP contribution is -2.40. The van der Waals surface area contributed by atoms with E-state index in [1.165, 1.54) is 11.3 Å². The first-order valence-corrected chi connectivity index (χ1v) is 7.14. The Morgan fingerprint density at radius 3 is 2.79 bits per heavy atom. The van der Waals surface area contributed by atoms with Gasteiger partial charge in [-0.2, -0.15) is 0 Å². The number of carbonyl (C=O) groups is 1. The number of hydrogen-bond acceptors (Lipinski definition) is 4. The minimum atomic E-state index is 0.0291. The van der Waals surface area contributed by atoms with Gasteiger partial charge in [-0.15, -0.1) is 11.3 Å². The molecule has 100 valence electrons. The Bertz CT molecular complexity index is 630. The molecule has 1 fully saturated rings. The van der Waals surface area contributed by atoms with Gasteiger partial charge in [0.2, 0.25) is 0 Å². The second-order valence-electron chi connectivity index (χ2n) is 4.70. The fourth-order valence-corrected chi connectivity index (χ4v) is 3.51. The Morgan fingerprint density at radius 1 is 1.37 bits per heavy atom. The highest BCUT2D eigenvalue weighted by atomic mass is 32.1. The molecule has 2 aromatic rings. The van der Waals surface area contributed by atoms with E-state index in [1.807, 2.05) is 30.0 Å². The quantitative estimate of drug-likeness (QED) is 0.869. The number of nitrogens with zero attached hydrogens (tertiary/aromatic N) is 1. The van der Waals surface area contributed by atoms with Gasteiger partial charge >= 0.3 is 0 Å². The van der Waals surface area contributed by atoms with Crippen LogP contribution in [-0.4, -0.2) is 37.1 Å². The molecule has 0 aliphatic carbocycles. The number of fused-ring (bicyclic) bond motifs is 1. The number of aryl methyl sites for hydroxylation is 1. The van der Waals surface area contributed by atoms with E-state index < -0.39 is 0 Å². The molecule has 0 spiro atoms. The third-order valence-electron chi connectivity index (χ3n) is 3.44. The molecule has 3 rings (SSSR count). The van der Waals surface area contributed by atoms with Gasteiger partial charge < -0.3 is 15.4 Å². The monoisotopic (exact) mass is 276 g/mol. The standard InChI is InChI=1S/C14H16N2O2S/c1-9-3-2-4-10-11(15)13(19-12(9)10)14(17)16-5-7-18-8-6-16/h2-4H,5-8,15H2,1H3. The highest BCUT2D eigenvalue weighted by molar-refractivity contribution is 7.21. The Hall–Kier alpha value is -1.59. The van der Waals surface area contributed by atoms with Gasteiger partial charge in [0, 0.05) is 23.2 Å². The van der Waals surface area contributed by atoms with Crippen LogP contribution in [0.2, 0.25) is 0 Å². The fourth-order valence-electron chi connectivity index (χ4n) is 2.35. The lowest BCUT2D eigenvalue weighted by Gasteiger charge is -2.26. The highest BCUT2D eigenvalue weighted by Crippen LogP contribution is 2.36. The molecular weight excluding hydrogens is 260 g/mol. The summed E-state index contributed by atoms with van der Waals surface area (Å²) in [6, 6.07) is 6.00. The molecule has 1 aliphatic rings. The predicted molar refractivity (Wildman–Crippen MR) is 77.7 cm³/mol. The Kier molecular flexibility index (Phi) is 3.16. The normalized spacial score (nSPS) is 15.9. The molecule has 4 nitrogen and oxygen atoms in total. The van der Waals surface area contributed by atoms with Gasteiger partial charge in [0.25, 0.3) is 5.91 Å². The minimum Gasteiger partial charge on any atom is -0.397 e. The smallest absolute Gasteiger partial charge is 0.266 e. The van der Waals surface area contributed by atoms with E-state index in [0.29, 0.717) is 36.9 Å². The van der Waals surface area contributed by atoms with E-state index in [0.717, 1.165) is 15.6 Å². The molecule has 1 amide bonds. The van der Waals surface area contributed by atoms with Crippen LogP contribution in [-0.2, 0) is 4.74 Å². The van der Waals surface area contributed by atoms with Gasteiger partial charge in [-0.25, -0.2) is 0 Å². The summed E-state index contributed by atoms with van der Waals surface area (Å²) in [5, 5.41) is 0.988. The van der Waals surface area contributed by atoms with Crippen molar-refractivity contribution in [3.05, 3.63) is 28.6 Å². The van der Waals surface area contributed by atoms with Crippen LogP contribution < -0.4 is 5.73 Å². The Balaban J connectivity index is 2.02. The number of nitrogens with two attached hydrogens (primary N) is 1. The SMILES string of the molecule is Cc1cccc2c(N)c(C(=O)N3CCOCC3)sc12. The van der Waals surface area contributed by atoms with Crippen molar-refractivity contribution in [3.8, 4) is 0 Å². The third kappa shape index (κ3) is 2.09. The molecule has 1 aliphatic heterocycles. The zero-order valence-electron chi connectivity index (χ0n) is 10.8. The van der Waals surface area contributed by atoms with Crippen molar-refractivity contribution in [2.75, 3.05) is 32.0 Å². The van der Waals surface area contributed by atoms with Crippen LogP contribution in [0.25, 0.3) is 10.1 Å². The summed E-state index contributed by atoms with van der Waals surface area (Å²) in [4.78, 5) is 15.0. The van der Waals surface area contributed by atoms with Crippen LogP contribution in [0.15, 0.2) is 18.2 Å². The van der Waals surface area contributed by atoms with Crippen LogP contribution in [0, 0.1) is 6.92 Å². The molecule has 1 saturated heterocycles. The van der Waals surface area contributed by atoms with Crippen molar-refractivity contribution in [3.63, 3.8) is 0 Å². The number of morpholine rings is 1. The first-order chi connectivity index (χ1) is 9.18. The lowest BCUT2D eigenvalue weighted by atomic mass is 10.1. The summed E-state index contributed by atoms with van der Waals surface area (Å²) >= 11 is 1.50. The first kappa shape index (κ1) is 12.4. The van der Waals surface area contributed by atoms with Crippen LogP contribution >= 0.6 is 11.3 Å². The summed E-state index contributed by atoms with van der Waals surface area (Å²) in [5.41, 5.74) is 7.92. The van der Waals surface area contributed by atoms with Gasteiger partial charge in [-0.1, -0.05) is 18.2 Å². The number of ether oxygens (including phenoxy) is 1. The maximum atomic E-state index is 12.5. The van der Waals surface area contributed by atoms with E-state index >= 15 is 0 Å². The number of benzene rings is 1. The first-order valence-electron chi connectivity index (χ1n) is 6.33. The molecule has 2 heterocycles. The van der Waals surface area contributed by atoms with Crippen molar-refractivity contribution >= 4 is 33.0 Å². The maximum absolute atomic E-state index is 12.5. The zero-order valence-corrected chi connectivity index (χ0v) is 11.6. The van der Waals surface area contributed by atoms with Crippen LogP contribution in [0.3, 0.4) is 0 Å². The third-order valence-corrected chi connectivity index (χ3v) is 4.79. The van der Waals surface area contributed by atoms with Crippen molar-refractivity contribution in [2.45, 2.75) is 6.92 Å². The fraction of sp³-hybridized carbons (Fsp3) is 0.357. The second-order valence-corrected chi connectivity index (χ2v) is 5.72. The summed E-state index contributed by atoms with van der Waals surface area (Å²) in [5.74, 6) is 0.0291. The molecule has 19 heavy (non-hydrogen) atoms. The Morgan fingerprint density at radius 2 is 2.11 bits per heavy atom. The van der Waals surface area contributed by atoms with Gasteiger partial charge in [-0.3, -0.25) is 4.79 Å². The van der Waals surface area contributed by atoms with Gasteiger partial charge in [0.1, 0.15) is 4.88 Å². The molecule has 1 aromatic carbocycles. The van der Waals surface area contributed by atoms with E-state index in [4.69, 9.17) is 10.5 Å². The van der Waals surface area contributed by atoms with Crippen molar-refractivity contribution in [2.24, 2.45) is 0 Å². The van der Waals surface area contributed by atoms with E-state index in [9.17, 15) is 4.79 Å². The molecule has 0 radical (unpaired) electrons. The molecule has 0 unspecified atom stereocenters. The summed E-state index contributed by atoms with van der Waals surface area (Å²) < 4.78 is 6.38. The highest BCUT2D eigenvalue weighted by Gasteiger charge is 2.23. The molecule has 5 heteroatoms. The minimum absolute atomic E-state index is 0.0291. The average molecular weight is 276 g/mol. The average Bonchev–Trinajstić information content (AvgIpc) is 2.78. The van der Waals surface area contributed by atoms with Crippen molar-refractivity contribution in [1.82, 2.24) is 4.90 Å². The molecule has 2 N–H and O–H groups in total. The number of anilines is 1. The van der Waals surface area contributed by atoms with Crippen LogP contribution in [0.1, 0.15) is 15.2 Å². The topological polar surface area (TPSA) is 55.6 Å². The molecule has 0 atom stereocenters. The molecule has 0 bridgehead atoms. The number of amides is 1. The maximum Gasteiger partial charge on any atom is 0.266 e. The number of thiophene rings is 1. The summed E-state index contributed by atoms with van der Waals surface area (Å²) in [7, 11) is 0. The van der Waals surface area contributed by atoms with Crippen LogP contribution in [0.4, 0.5) is 5.69 Å². The summed E-state index contributed by atoms with van der Waals surface area (Å²) in [6.45, 7) is 4.55. The van der Waals surface area contributed by atoms with E-state index in [-0.39, 0.29) is 5.91 Å². The zero-order chi connectivity index (χ0) is 13.4. The van der Waals surface area contributed by atoms with Crippen molar-refractivity contribution in [1.29, 1.82) is 0 Å². The van der Waals surface area contributed by atoms with Crippen LogP contribution in [0.5, 0.6) is 0 Å². The van der Waals surface area contributed by atoms with E-state index in [2.05, 4.69) is 0 Å². The molecule has 1 aromatic heterocycles. The van der Waals surface area contributed by atoms with Gasteiger partial charge in [-0.05, 0) is 12.5 Å². The number of rotatable bonds is 1. The lowest BCUT2D eigenvalue weighted by molar-refractivity contribution is 0.0307. The molecular formula is C14H16N2O2S. The van der Waals surface area contributed by atoms with Crippen molar-refractivity contribution < 1.29 is 9.53 Å². The van der Waals surface area contributed by atoms with Gasteiger partial charge in [0.05, 0.1) is 18.9 Å². The van der Waals surface area contributed by atoms with E-state index in [1.54, 1.807) is 0 Å². The Labute approximate surface area is 115 Å². The second kappa shape index (κ2) is 4.83. The predicted octanol–water partition coefficient (Wildman–Crippen LogP) is 2.26. The number of carbonyl (C=O) groups excluding carboxylic acids is 1. The number of nitrogen functional groups attached to an aromatic ring is 1.